The number of nitrogens with two attached hydrogens (primary N) is 1. The van der Waals surface area contributed by atoms with Crippen LogP contribution < -0.4 is 5.73 Å². The first kappa shape index (κ1) is 7.53. The molecular weight excluding hydrogens is 142 g/mol. The van der Waals surface area contributed by atoms with Gasteiger partial charge in [0.15, 0.2) is 0 Å². The lowest BCUT2D eigenvalue weighted by Crippen LogP contribution is -2.04. The molecule has 0 saturated carbocycles. The molecule has 1 heterocycles. The molecule has 0 radical (unpaired) electrons. The van der Waals surface area contributed by atoms with Crippen molar-refractivity contribution < 1.29 is 4.79 Å². The molecule has 1 aromatic rings. The summed E-state index contributed by atoms with van der Waals surface area (Å²) in [5.41, 5.74) is 5.76. The molecule has 1 aromatic heterocycles. The molecule has 0 aliphatic carbocycles. The van der Waals surface area contributed by atoms with Gasteiger partial charge in [0.1, 0.15) is 0 Å². The van der Waals surface area contributed by atoms with Gasteiger partial charge in [-0.25, -0.2) is 0 Å². The quantitative estimate of drug-likeness (QED) is 0.601. The molecule has 2 N–H and O–H groups in total. The van der Waals surface area contributed by atoms with Crippen LogP contribution in [0.25, 0.3) is 6.08 Å². The molecule has 0 aromatic carbocycles. The predicted octanol–water partition coefficient (Wildman–Crippen LogP) is -0.0814. The first-order valence-electron chi connectivity index (χ1n) is 3.14. The lowest BCUT2D eigenvalue weighted by Gasteiger charge is -1.81. The van der Waals surface area contributed by atoms with Gasteiger partial charge in [0.2, 0.25) is 5.91 Å². The highest BCUT2D eigenvalue weighted by molar-refractivity contribution is 5.90. The van der Waals surface area contributed by atoms with Gasteiger partial charge in [0.25, 0.3) is 0 Å². The van der Waals surface area contributed by atoms with Crippen molar-refractivity contribution in [1.29, 1.82) is 0 Å². The first-order valence-corrected chi connectivity index (χ1v) is 3.14. The van der Waals surface area contributed by atoms with E-state index in [-0.39, 0.29) is 0 Å². The molecule has 0 atom stereocenters. The largest absolute Gasteiger partial charge is 0.366 e. The summed E-state index contributed by atoms with van der Waals surface area (Å²) in [5, 5.41) is 3.91. The van der Waals surface area contributed by atoms with E-state index in [0.29, 0.717) is 0 Å². The third-order valence-corrected chi connectivity index (χ3v) is 1.16. The van der Waals surface area contributed by atoms with Gasteiger partial charge in [-0.15, -0.1) is 0 Å². The Kier molecular flexibility index (Phi) is 2.06. The van der Waals surface area contributed by atoms with Crippen molar-refractivity contribution in [2.75, 3.05) is 0 Å². The van der Waals surface area contributed by atoms with E-state index >= 15 is 0 Å². The molecule has 0 fully saturated rings. The fourth-order valence-corrected chi connectivity index (χ4v) is 0.705. The van der Waals surface area contributed by atoms with Crippen molar-refractivity contribution in [2.24, 2.45) is 12.8 Å². The topological polar surface area (TPSA) is 60.9 Å². The lowest BCUT2D eigenvalue weighted by molar-refractivity contribution is -0.113. The third kappa shape index (κ3) is 2.25. The summed E-state index contributed by atoms with van der Waals surface area (Å²) < 4.78 is 1.65. The monoisotopic (exact) mass is 151 g/mol. The summed E-state index contributed by atoms with van der Waals surface area (Å²) in [7, 11) is 1.81. The van der Waals surface area contributed by atoms with Gasteiger partial charge in [-0.3, -0.25) is 9.48 Å². The Hall–Kier alpha value is -1.58. The molecule has 0 bridgehead atoms. The summed E-state index contributed by atoms with van der Waals surface area (Å²) in [5.74, 6) is -0.450. The van der Waals surface area contributed by atoms with Gasteiger partial charge >= 0.3 is 0 Å². The number of nitrogens with zero attached hydrogens (tertiary/aromatic N) is 2. The van der Waals surface area contributed by atoms with Crippen molar-refractivity contribution >= 4 is 12.0 Å². The fourth-order valence-electron chi connectivity index (χ4n) is 0.705. The van der Waals surface area contributed by atoms with Gasteiger partial charge in [-0.05, 0) is 6.08 Å². The zero-order valence-electron chi connectivity index (χ0n) is 6.19. The van der Waals surface area contributed by atoms with E-state index in [1.165, 1.54) is 6.08 Å². The smallest absolute Gasteiger partial charge is 0.241 e. The zero-order valence-corrected chi connectivity index (χ0v) is 6.19. The van der Waals surface area contributed by atoms with Gasteiger partial charge in [-0.2, -0.15) is 5.10 Å². The fraction of sp³-hybridized carbons (Fsp3) is 0.143. The molecule has 11 heavy (non-hydrogen) atoms. The molecule has 0 saturated heterocycles. The van der Waals surface area contributed by atoms with E-state index in [1.54, 1.807) is 23.2 Å². The Labute approximate surface area is 64.3 Å². The zero-order chi connectivity index (χ0) is 8.27. The number of hydrogen-bond acceptors (Lipinski definition) is 2. The number of carbonyl (C=O) groups excluding carboxylic acids is 1. The number of aryl methyl sites for hydroxylation is 1. The van der Waals surface area contributed by atoms with Crippen molar-refractivity contribution in [2.45, 2.75) is 0 Å². The highest BCUT2D eigenvalue weighted by Gasteiger charge is 1.89. The summed E-state index contributed by atoms with van der Waals surface area (Å²) in [4.78, 5) is 10.3. The Morgan fingerprint density at radius 2 is 2.55 bits per heavy atom. The number of aromatic nitrogens is 2. The van der Waals surface area contributed by atoms with Crippen LogP contribution in [0, 0.1) is 0 Å². The number of hydrogen-bond donors (Lipinski definition) is 1. The van der Waals surface area contributed by atoms with E-state index in [1.807, 2.05) is 7.05 Å². The number of amides is 1. The van der Waals surface area contributed by atoms with E-state index in [0.717, 1.165) is 5.56 Å². The average Bonchev–Trinajstić information content (AvgIpc) is 2.31. The molecule has 0 spiro atoms. The SMILES string of the molecule is Cn1cc(/C=C\C(N)=O)cn1. The van der Waals surface area contributed by atoms with Gasteiger partial charge < -0.3 is 5.73 Å². The van der Waals surface area contributed by atoms with Crippen molar-refractivity contribution in [3.05, 3.63) is 24.0 Å². The van der Waals surface area contributed by atoms with Crippen LogP contribution in [-0.2, 0) is 11.8 Å². The molecule has 4 nitrogen and oxygen atoms in total. The molecule has 1 amide bonds. The Morgan fingerprint density at radius 1 is 1.82 bits per heavy atom. The van der Waals surface area contributed by atoms with Crippen LogP contribution in [0.2, 0.25) is 0 Å². The molecule has 0 aliphatic heterocycles. The third-order valence-electron chi connectivity index (χ3n) is 1.16. The van der Waals surface area contributed by atoms with Crippen LogP contribution in [0.3, 0.4) is 0 Å². The normalized spacial score (nSPS) is 10.6. The molecule has 0 aliphatic rings. The molecule has 58 valence electrons. The van der Waals surface area contributed by atoms with E-state index in [9.17, 15) is 4.79 Å². The van der Waals surface area contributed by atoms with Crippen LogP contribution in [0.15, 0.2) is 18.5 Å². The number of primary amides is 1. The minimum atomic E-state index is -0.450. The number of carbonyl (C=O) groups is 1. The summed E-state index contributed by atoms with van der Waals surface area (Å²) in [6.07, 6.45) is 6.37. The van der Waals surface area contributed by atoms with E-state index < -0.39 is 5.91 Å². The molecule has 0 unspecified atom stereocenters. The average molecular weight is 151 g/mol. The van der Waals surface area contributed by atoms with E-state index in [2.05, 4.69) is 5.10 Å². The molecule has 1 rings (SSSR count). The highest BCUT2D eigenvalue weighted by atomic mass is 16.1. The molecule has 4 heteroatoms. The van der Waals surface area contributed by atoms with Gasteiger partial charge in [0, 0.05) is 24.9 Å². The second kappa shape index (κ2) is 3.01. The minimum Gasteiger partial charge on any atom is -0.366 e. The van der Waals surface area contributed by atoms with Crippen LogP contribution in [0.5, 0.6) is 0 Å². The van der Waals surface area contributed by atoms with Crippen LogP contribution in [0.1, 0.15) is 5.56 Å². The second-order valence-corrected chi connectivity index (χ2v) is 2.18. The summed E-state index contributed by atoms with van der Waals surface area (Å²) >= 11 is 0. The minimum absolute atomic E-state index is 0.450. The maximum atomic E-state index is 10.3. The van der Waals surface area contributed by atoms with Crippen molar-refractivity contribution in [3.8, 4) is 0 Å². The Bertz CT molecular complexity index is 288. The predicted molar refractivity (Wildman–Crippen MR) is 41.4 cm³/mol. The maximum absolute atomic E-state index is 10.3. The highest BCUT2D eigenvalue weighted by Crippen LogP contribution is 1.97. The maximum Gasteiger partial charge on any atom is 0.241 e. The molecular formula is C7H9N3O. The van der Waals surface area contributed by atoms with Crippen molar-refractivity contribution in [3.63, 3.8) is 0 Å². The van der Waals surface area contributed by atoms with Crippen LogP contribution in [-0.4, -0.2) is 15.7 Å². The van der Waals surface area contributed by atoms with Gasteiger partial charge in [0.05, 0.1) is 6.20 Å². The number of rotatable bonds is 2. The summed E-state index contributed by atoms with van der Waals surface area (Å²) in [6, 6.07) is 0. The summed E-state index contributed by atoms with van der Waals surface area (Å²) in [6.45, 7) is 0. The second-order valence-electron chi connectivity index (χ2n) is 2.18. The lowest BCUT2D eigenvalue weighted by atomic mass is 10.3. The van der Waals surface area contributed by atoms with Crippen LogP contribution in [0.4, 0.5) is 0 Å². The Balaban J connectivity index is 2.71. The standard InChI is InChI=1S/C7H9N3O/c1-10-5-6(4-9-10)2-3-7(8)11/h2-5H,1H3,(H2,8,11)/b3-2-. The Morgan fingerprint density at radius 3 is 3.00 bits per heavy atom. The first-order chi connectivity index (χ1) is 5.18. The van der Waals surface area contributed by atoms with Crippen LogP contribution >= 0.6 is 0 Å². The van der Waals surface area contributed by atoms with E-state index in [4.69, 9.17) is 5.73 Å². The van der Waals surface area contributed by atoms with Crippen molar-refractivity contribution in [1.82, 2.24) is 9.78 Å². The van der Waals surface area contributed by atoms with Gasteiger partial charge in [-0.1, -0.05) is 0 Å².